The number of nitrogens with two attached hydrogens (primary N) is 1. The molecule has 0 atom stereocenters. The first kappa shape index (κ1) is 10.8. The summed E-state index contributed by atoms with van der Waals surface area (Å²) in [6.07, 6.45) is 0. The Labute approximate surface area is 107 Å². The van der Waals surface area contributed by atoms with Crippen LogP contribution >= 0.6 is 54.5 Å². The minimum Gasteiger partial charge on any atom is -0.319 e. The molecule has 0 fully saturated rings. The predicted octanol–water partition coefficient (Wildman–Crippen LogP) is 4.38. The van der Waals surface area contributed by atoms with Crippen molar-refractivity contribution in [2.75, 3.05) is 0 Å². The van der Waals surface area contributed by atoms with Crippen LogP contribution in [0.1, 0.15) is 15.8 Å². The molecule has 14 heavy (non-hydrogen) atoms. The fraction of sp³-hybridized carbons (Fsp3) is 0.111. The lowest BCUT2D eigenvalue weighted by Gasteiger charge is -2.05. The maximum absolute atomic E-state index is 6.12. The lowest BCUT2D eigenvalue weighted by Crippen LogP contribution is -2.07. The number of thiophene rings is 2. The van der Waals surface area contributed by atoms with Crippen molar-refractivity contribution in [3.8, 4) is 0 Å². The van der Waals surface area contributed by atoms with Gasteiger partial charge in [0.05, 0.1) is 13.6 Å². The molecule has 0 aliphatic carbocycles. The van der Waals surface area contributed by atoms with Crippen molar-refractivity contribution >= 4 is 54.5 Å². The first-order valence-corrected chi connectivity index (χ1v) is 7.15. The van der Waals surface area contributed by atoms with Gasteiger partial charge >= 0.3 is 0 Å². The van der Waals surface area contributed by atoms with E-state index in [0.717, 1.165) is 7.57 Å². The predicted molar refractivity (Wildman–Crippen MR) is 70.1 cm³/mol. The molecule has 1 nitrogen and oxygen atoms in total. The largest absolute Gasteiger partial charge is 0.319 e. The molecular weight excluding hydrogens is 346 g/mol. The molecule has 0 aliphatic heterocycles. The second kappa shape index (κ2) is 4.45. The summed E-state index contributed by atoms with van der Waals surface area (Å²) in [5.74, 6) is 0. The van der Waals surface area contributed by atoms with E-state index in [2.05, 4.69) is 44.0 Å². The van der Waals surface area contributed by atoms with E-state index in [0.29, 0.717) is 0 Å². The van der Waals surface area contributed by atoms with Gasteiger partial charge in [-0.2, -0.15) is 0 Å². The summed E-state index contributed by atoms with van der Waals surface area (Å²) in [4.78, 5) is 2.37. The van der Waals surface area contributed by atoms with Crippen molar-refractivity contribution < 1.29 is 0 Å². The van der Waals surface area contributed by atoms with Crippen LogP contribution in [0.15, 0.2) is 31.8 Å². The summed E-state index contributed by atoms with van der Waals surface area (Å²) in [5, 5.41) is 0. The highest BCUT2D eigenvalue weighted by atomic mass is 79.9. The van der Waals surface area contributed by atoms with E-state index in [1.54, 1.807) is 22.7 Å². The number of hydrogen-bond acceptors (Lipinski definition) is 3. The highest BCUT2D eigenvalue weighted by molar-refractivity contribution is 9.11. The second-order valence-corrected chi connectivity index (χ2v) is 7.75. The van der Waals surface area contributed by atoms with Crippen molar-refractivity contribution in [3.63, 3.8) is 0 Å². The van der Waals surface area contributed by atoms with E-state index in [9.17, 15) is 0 Å². The summed E-state index contributed by atoms with van der Waals surface area (Å²) in [7, 11) is 0. The third kappa shape index (κ3) is 2.28. The number of halogens is 2. The van der Waals surface area contributed by atoms with Crippen LogP contribution < -0.4 is 5.73 Å². The summed E-state index contributed by atoms with van der Waals surface area (Å²) >= 11 is 10.2. The van der Waals surface area contributed by atoms with Gasteiger partial charge in [-0.05, 0) is 56.1 Å². The fourth-order valence-corrected chi connectivity index (χ4v) is 4.09. The van der Waals surface area contributed by atoms with Gasteiger partial charge in [-0.15, -0.1) is 22.7 Å². The average Bonchev–Trinajstić information content (AvgIpc) is 2.73. The van der Waals surface area contributed by atoms with E-state index in [4.69, 9.17) is 5.73 Å². The molecule has 2 heterocycles. The van der Waals surface area contributed by atoms with E-state index in [-0.39, 0.29) is 6.04 Å². The lowest BCUT2D eigenvalue weighted by atomic mass is 10.2. The zero-order valence-electron chi connectivity index (χ0n) is 7.04. The molecule has 0 aliphatic rings. The maximum Gasteiger partial charge on any atom is 0.0740 e. The van der Waals surface area contributed by atoms with Crippen molar-refractivity contribution in [1.82, 2.24) is 0 Å². The van der Waals surface area contributed by atoms with Crippen LogP contribution in [0, 0.1) is 0 Å². The van der Waals surface area contributed by atoms with Crippen LogP contribution in [0.4, 0.5) is 0 Å². The molecule has 0 saturated carbocycles. The average molecular weight is 353 g/mol. The third-order valence-corrected chi connectivity index (χ3v) is 5.21. The van der Waals surface area contributed by atoms with E-state index >= 15 is 0 Å². The van der Waals surface area contributed by atoms with E-state index in [1.165, 1.54) is 9.75 Å². The molecule has 2 aromatic rings. The molecule has 0 aromatic carbocycles. The smallest absolute Gasteiger partial charge is 0.0740 e. The van der Waals surface area contributed by atoms with Crippen LogP contribution in [-0.2, 0) is 0 Å². The molecule has 2 aromatic heterocycles. The molecule has 2 N–H and O–H groups in total. The standard InChI is InChI=1S/C9H7Br2NS2/c10-7-3-1-5(13-7)9(12)6-2-4-8(11)14-6/h1-4,9H,12H2. The molecule has 0 amide bonds. The monoisotopic (exact) mass is 351 g/mol. The molecule has 0 spiro atoms. The van der Waals surface area contributed by atoms with Gasteiger partial charge in [-0.25, -0.2) is 0 Å². The Balaban J connectivity index is 2.28. The quantitative estimate of drug-likeness (QED) is 0.852. The van der Waals surface area contributed by atoms with Gasteiger partial charge in [0.2, 0.25) is 0 Å². The van der Waals surface area contributed by atoms with Crippen LogP contribution in [0.2, 0.25) is 0 Å². The van der Waals surface area contributed by atoms with Crippen LogP contribution in [0.3, 0.4) is 0 Å². The highest BCUT2D eigenvalue weighted by Crippen LogP contribution is 2.34. The lowest BCUT2D eigenvalue weighted by molar-refractivity contribution is 0.917. The molecule has 74 valence electrons. The van der Waals surface area contributed by atoms with Crippen molar-refractivity contribution in [1.29, 1.82) is 0 Å². The Morgan fingerprint density at radius 1 is 0.929 bits per heavy atom. The van der Waals surface area contributed by atoms with Crippen LogP contribution in [0.5, 0.6) is 0 Å². The van der Waals surface area contributed by atoms with Gasteiger partial charge in [0, 0.05) is 9.75 Å². The minimum atomic E-state index is 0.00241. The van der Waals surface area contributed by atoms with E-state index < -0.39 is 0 Å². The van der Waals surface area contributed by atoms with Gasteiger partial charge in [0.1, 0.15) is 0 Å². The Bertz CT molecular complexity index is 395. The molecule has 0 unspecified atom stereocenters. The topological polar surface area (TPSA) is 26.0 Å². The Hall–Kier alpha value is 0.320. The summed E-state index contributed by atoms with van der Waals surface area (Å²) in [5.41, 5.74) is 6.12. The summed E-state index contributed by atoms with van der Waals surface area (Å²) < 4.78 is 2.25. The molecule has 0 bridgehead atoms. The van der Waals surface area contributed by atoms with Gasteiger partial charge in [0.15, 0.2) is 0 Å². The normalized spacial score (nSPS) is 11.1. The van der Waals surface area contributed by atoms with Gasteiger partial charge < -0.3 is 5.73 Å². The molecule has 2 rings (SSSR count). The Morgan fingerprint density at radius 2 is 1.36 bits per heavy atom. The van der Waals surface area contributed by atoms with Gasteiger partial charge in [0.25, 0.3) is 0 Å². The zero-order chi connectivity index (χ0) is 10.1. The first-order chi connectivity index (χ1) is 6.66. The second-order valence-electron chi connectivity index (χ2n) is 2.76. The zero-order valence-corrected chi connectivity index (χ0v) is 11.8. The summed E-state index contributed by atoms with van der Waals surface area (Å²) in [6.45, 7) is 0. The maximum atomic E-state index is 6.12. The SMILES string of the molecule is NC(c1ccc(Br)s1)c1ccc(Br)s1. The number of rotatable bonds is 2. The van der Waals surface area contributed by atoms with E-state index in [1.807, 2.05) is 12.1 Å². The van der Waals surface area contributed by atoms with Crippen LogP contribution in [-0.4, -0.2) is 0 Å². The minimum absolute atomic E-state index is 0.00241. The summed E-state index contributed by atoms with van der Waals surface area (Å²) in [6, 6.07) is 8.19. The first-order valence-electron chi connectivity index (χ1n) is 3.93. The van der Waals surface area contributed by atoms with Gasteiger partial charge in [-0.1, -0.05) is 0 Å². The molecule has 0 radical (unpaired) electrons. The van der Waals surface area contributed by atoms with Crippen molar-refractivity contribution in [2.24, 2.45) is 5.73 Å². The van der Waals surface area contributed by atoms with Crippen molar-refractivity contribution in [3.05, 3.63) is 41.6 Å². The Morgan fingerprint density at radius 3 is 1.64 bits per heavy atom. The van der Waals surface area contributed by atoms with Crippen LogP contribution in [0.25, 0.3) is 0 Å². The molecule has 5 heteroatoms. The molecule has 0 saturated heterocycles. The Kier molecular flexibility index (Phi) is 3.44. The van der Waals surface area contributed by atoms with Crippen molar-refractivity contribution in [2.45, 2.75) is 6.04 Å². The van der Waals surface area contributed by atoms with Gasteiger partial charge in [-0.3, -0.25) is 0 Å². The third-order valence-electron chi connectivity index (χ3n) is 1.80. The molecular formula is C9H7Br2NS2. The highest BCUT2D eigenvalue weighted by Gasteiger charge is 2.12. The number of hydrogen-bond donors (Lipinski definition) is 1. The fourth-order valence-electron chi connectivity index (χ4n) is 1.13.